The topological polar surface area (TPSA) is 132 Å². The Morgan fingerprint density at radius 1 is 0.333 bits per heavy atom. The van der Waals surface area contributed by atoms with Crippen molar-refractivity contribution in [2.45, 2.75) is 52.4 Å². The van der Waals surface area contributed by atoms with Crippen molar-refractivity contribution in [3.8, 4) is 0 Å². The molecule has 3 atom stereocenters. The fourth-order valence-corrected chi connectivity index (χ4v) is 7.83. The van der Waals surface area contributed by atoms with E-state index in [-0.39, 0.29) is 39.0 Å². The van der Waals surface area contributed by atoms with Crippen molar-refractivity contribution in [3.05, 3.63) is 177 Å². The van der Waals surface area contributed by atoms with Crippen LogP contribution in [0.2, 0.25) is 0 Å². The fourth-order valence-electron chi connectivity index (χ4n) is 7.83. The Bertz CT molecular complexity index is 2200. The largest absolute Gasteiger partial charge is 0.462 e. The molecule has 0 fully saturated rings. The van der Waals surface area contributed by atoms with Crippen LogP contribution in [0, 0.1) is 0 Å². The van der Waals surface area contributed by atoms with Crippen molar-refractivity contribution in [2.75, 3.05) is 33.0 Å². The predicted molar refractivity (Wildman–Crippen MR) is 227 cm³/mol. The van der Waals surface area contributed by atoms with Crippen LogP contribution in [0.3, 0.4) is 0 Å². The highest BCUT2D eigenvalue weighted by atomic mass is 16.5. The molecule has 10 nitrogen and oxygen atoms in total. The minimum absolute atomic E-state index is 0.231. The molecule has 5 aromatic carbocycles. The first-order valence-corrected chi connectivity index (χ1v) is 20.2. The Morgan fingerprint density at radius 2 is 0.550 bits per heavy atom. The van der Waals surface area contributed by atoms with E-state index in [0.717, 1.165) is 39.0 Å². The molecule has 0 spiro atoms. The van der Waals surface area contributed by atoms with Crippen molar-refractivity contribution in [1.29, 1.82) is 0 Å². The van der Waals surface area contributed by atoms with Crippen molar-refractivity contribution < 1.29 is 47.7 Å². The van der Waals surface area contributed by atoms with Crippen LogP contribution in [0.1, 0.15) is 132 Å². The highest BCUT2D eigenvalue weighted by Crippen LogP contribution is 2.63. The van der Waals surface area contributed by atoms with Gasteiger partial charge in [-0.3, -0.25) is 0 Å². The zero-order valence-corrected chi connectivity index (χ0v) is 34.4. The van der Waals surface area contributed by atoms with Crippen molar-refractivity contribution in [1.82, 2.24) is 0 Å². The zero-order chi connectivity index (χ0) is 42.8. The Kier molecular flexibility index (Phi) is 14.1. The molecule has 10 heteroatoms. The molecule has 0 bridgehead atoms. The number of carbonyl (C=O) groups excluding carboxylic acids is 5. The summed E-state index contributed by atoms with van der Waals surface area (Å²) in [6.45, 7) is 9.94. The number of carbonyl (C=O) groups is 5. The Balaban J connectivity index is 1.67. The van der Waals surface area contributed by atoms with E-state index < -0.39 is 41.7 Å². The van der Waals surface area contributed by atoms with E-state index in [1.165, 1.54) is 0 Å². The molecular formula is C50H48O10. The number of rotatable bonds is 15. The van der Waals surface area contributed by atoms with Crippen molar-refractivity contribution in [3.63, 3.8) is 0 Å². The van der Waals surface area contributed by atoms with E-state index in [1.807, 2.05) is 60.7 Å². The van der Waals surface area contributed by atoms with Gasteiger partial charge in [-0.1, -0.05) is 60.7 Å². The van der Waals surface area contributed by atoms with Gasteiger partial charge in [-0.05, 0) is 134 Å². The maximum atomic E-state index is 12.9. The Labute approximate surface area is 350 Å². The summed E-state index contributed by atoms with van der Waals surface area (Å²) < 4.78 is 26.6. The maximum Gasteiger partial charge on any atom is 0.338 e. The molecule has 1 aliphatic rings. The summed E-state index contributed by atoms with van der Waals surface area (Å²) in [7, 11) is 0. The van der Waals surface area contributed by atoms with E-state index in [0.29, 0.717) is 27.8 Å². The van der Waals surface area contributed by atoms with Gasteiger partial charge in [0.2, 0.25) is 0 Å². The first kappa shape index (κ1) is 42.8. The smallest absolute Gasteiger partial charge is 0.338 e. The third-order valence-corrected chi connectivity index (χ3v) is 10.4. The lowest BCUT2D eigenvalue weighted by Gasteiger charge is -2.29. The molecule has 60 heavy (non-hydrogen) atoms. The minimum atomic E-state index is -0.440. The first-order valence-electron chi connectivity index (χ1n) is 20.2. The predicted octanol–water partition coefficient (Wildman–Crippen LogP) is 9.85. The molecular weight excluding hydrogens is 761 g/mol. The normalized spacial score (nSPS) is 15.8. The molecule has 0 aromatic heterocycles. The van der Waals surface area contributed by atoms with E-state index >= 15 is 0 Å². The van der Waals surface area contributed by atoms with Crippen LogP contribution in [-0.2, 0) is 23.7 Å². The molecule has 0 amide bonds. The SMILES string of the molecule is CCOC(=O)c1ccc(C2=C(c3ccc(C(=O)OCC)cc3)[C@@H](c3ccc(C(=O)OCC)cc3)C(c3ccc(C(=O)OCC)cc3)[C@H]2c2ccc(C(=O)OCC)cc2)cc1. The van der Waals surface area contributed by atoms with Gasteiger partial charge in [0.25, 0.3) is 0 Å². The highest BCUT2D eigenvalue weighted by Gasteiger charge is 2.46. The minimum Gasteiger partial charge on any atom is -0.462 e. The fraction of sp³-hybridized carbons (Fsp3) is 0.260. The van der Waals surface area contributed by atoms with E-state index in [1.54, 1.807) is 95.3 Å². The van der Waals surface area contributed by atoms with Crippen LogP contribution in [-0.4, -0.2) is 62.9 Å². The first-order chi connectivity index (χ1) is 29.1. The second-order valence-corrected chi connectivity index (χ2v) is 13.9. The van der Waals surface area contributed by atoms with Gasteiger partial charge in [-0.15, -0.1) is 0 Å². The number of allylic oxidation sites excluding steroid dienone is 2. The van der Waals surface area contributed by atoms with E-state index in [4.69, 9.17) is 23.7 Å². The Hall–Kier alpha value is -6.81. The lowest BCUT2D eigenvalue weighted by atomic mass is 9.73. The molecule has 0 saturated heterocycles. The third kappa shape index (κ3) is 9.23. The van der Waals surface area contributed by atoms with Crippen LogP contribution in [0.5, 0.6) is 0 Å². The molecule has 0 heterocycles. The second-order valence-electron chi connectivity index (χ2n) is 13.9. The van der Waals surface area contributed by atoms with E-state index in [2.05, 4.69) is 0 Å². The third-order valence-electron chi connectivity index (χ3n) is 10.4. The summed E-state index contributed by atoms with van der Waals surface area (Å²) in [5.74, 6) is -3.31. The zero-order valence-electron chi connectivity index (χ0n) is 34.4. The van der Waals surface area contributed by atoms with Gasteiger partial charge >= 0.3 is 29.8 Å². The van der Waals surface area contributed by atoms with Crippen molar-refractivity contribution >= 4 is 41.0 Å². The molecule has 6 rings (SSSR count). The van der Waals surface area contributed by atoms with Crippen LogP contribution in [0.15, 0.2) is 121 Å². The molecule has 0 N–H and O–H groups in total. The summed E-state index contributed by atoms with van der Waals surface area (Å²) in [4.78, 5) is 64.2. The summed E-state index contributed by atoms with van der Waals surface area (Å²) in [6, 6.07) is 36.7. The molecule has 1 unspecified atom stereocenters. The molecule has 5 aromatic rings. The standard InChI is InChI=1S/C50H48O10/c1-6-56-46(51)36-21-11-31(12-22-36)41-42(32-13-23-37(24-14-32)47(52)57-7-2)44(34-17-27-39(28-18-34)49(54)59-9-4)45(35-19-29-40(30-20-35)50(55)60-10-5)43(41)33-15-25-38(26-16-33)48(53)58-8-3/h11-30,41-43H,6-10H2,1-5H3/t41?,42-,43+. The van der Waals surface area contributed by atoms with Gasteiger partial charge in [0.15, 0.2) is 0 Å². The molecule has 1 aliphatic carbocycles. The molecule has 0 radical (unpaired) electrons. The monoisotopic (exact) mass is 808 g/mol. The summed E-state index contributed by atoms with van der Waals surface area (Å²) in [5.41, 5.74) is 8.18. The van der Waals surface area contributed by atoms with Crippen LogP contribution >= 0.6 is 0 Å². The number of benzene rings is 5. The van der Waals surface area contributed by atoms with Gasteiger partial charge in [0.05, 0.1) is 60.9 Å². The van der Waals surface area contributed by atoms with Gasteiger partial charge in [0, 0.05) is 17.8 Å². The van der Waals surface area contributed by atoms with E-state index in [9.17, 15) is 24.0 Å². The number of ether oxygens (including phenoxy) is 5. The lowest BCUT2D eigenvalue weighted by molar-refractivity contribution is 0.0516. The quantitative estimate of drug-likeness (QED) is 0.0744. The van der Waals surface area contributed by atoms with Gasteiger partial charge < -0.3 is 23.7 Å². The second kappa shape index (κ2) is 19.8. The number of hydrogen-bond acceptors (Lipinski definition) is 10. The van der Waals surface area contributed by atoms with Crippen molar-refractivity contribution in [2.24, 2.45) is 0 Å². The average molecular weight is 809 g/mol. The van der Waals surface area contributed by atoms with Gasteiger partial charge in [-0.25, -0.2) is 24.0 Å². The Morgan fingerprint density at radius 3 is 0.783 bits per heavy atom. The molecule has 0 saturated carbocycles. The lowest BCUT2D eigenvalue weighted by Crippen LogP contribution is -2.16. The summed E-state index contributed by atoms with van der Waals surface area (Å²) >= 11 is 0. The number of hydrogen-bond donors (Lipinski definition) is 0. The average Bonchev–Trinajstić information content (AvgIpc) is 3.63. The summed E-state index contributed by atoms with van der Waals surface area (Å²) in [5, 5.41) is 0. The summed E-state index contributed by atoms with van der Waals surface area (Å²) in [6.07, 6.45) is 0. The highest BCUT2D eigenvalue weighted by molar-refractivity contribution is 6.02. The number of esters is 5. The van der Waals surface area contributed by atoms with Crippen LogP contribution in [0.4, 0.5) is 0 Å². The van der Waals surface area contributed by atoms with Gasteiger partial charge in [-0.2, -0.15) is 0 Å². The van der Waals surface area contributed by atoms with Crippen LogP contribution < -0.4 is 0 Å². The maximum absolute atomic E-state index is 12.9. The van der Waals surface area contributed by atoms with Gasteiger partial charge in [0.1, 0.15) is 0 Å². The molecule has 308 valence electrons. The molecule has 0 aliphatic heterocycles. The van der Waals surface area contributed by atoms with Crippen LogP contribution in [0.25, 0.3) is 11.1 Å².